The molecular weight excluding hydrogens is 150 g/mol. The van der Waals surface area contributed by atoms with E-state index in [-0.39, 0.29) is 0 Å². The van der Waals surface area contributed by atoms with Crippen molar-refractivity contribution in [2.75, 3.05) is 12.8 Å². The maximum atomic E-state index is 4.40. The Labute approximate surface area is 66.6 Å². The Hall–Kier alpha value is 0.660. The lowest BCUT2D eigenvalue weighted by Gasteiger charge is -2.41. The van der Waals surface area contributed by atoms with E-state index in [1.165, 1.54) is 13.0 Å². The van der Waals surface area contributed by atoms with Crippen molar-refractivity contribution in [1.29, 1.82) is 0 Å². The third-order valence-corrected chi connectivity index (χ3v) is 3.49. The van der Waals surface area contributed by atoms with Gasteiger partial charge in [0, 0.05) is 12.6 Å². The summed E-state index contributed by atoms with van der Waals surface area (Å²) in [5.41, 5.74) is 0. The fourth-order valence-corrected chi connectivity index (χ4v) is 1.93. The van der Waals surface area contributed by atoms with Crippen molar-refractivity contribution < 1.29 is 0 Å². The zero-order valence-electron chi connectivity index (χ0n) is 5.87. The Kier molecular flexibility index (Phi) is 2.73. The summed E-state index contributed by atoms with van der Waals surface area (Å²) in [4.78, 5) is 2.40. The molecule has 1 heterocycles. The molecule has 0 aliphatic carbocycles. The minimum Gasteiger partial charge on any atom is -0.280 e. The summed E-state index contributed by atoms with van der Waals surface area (Å²) in [6.45, 7) is 3.49. The fourth-order valence-electron chi connectivity index (χ4n) is 1.000. The van der Waals surface area contributed by atoms with Crippen LogP contribution in [0.25, 0.3) is 0 Å². The average molecular weight is 163 g/mol. The van der Waals surface area contributed by atoms with E-state index >= 15 is 0 Å². The van der Waals surface area contributed by atoms with Crippen LogP contribution >= 0.6 is 24.4 Å². The van der Waals surface area contributed by atoms with Crippen LogP contribution in [0.3, 0.4) is 0 Å². The third-order valence-electron chi connectivity index (χ3n) is 1.87. The van der Waals surface area contributed by atoms with Gasteiger partial charge in [0.1, 0.15) is 0 Å². The van der Waals surface area contributed by atoms with Crippen molar-refractivity contribution in [1.82, 2.24) is 4.90 Å². The molecule has 0 amide bonds. The predicted molar refractivity (Wildman–Crippen MR) is 47.1 cm³/mol. The first-order chi connectivity index (χ1) is 4.25. The predicted octanol–water partition coefficient (Wildman–Crippen LogP) is 1.66. The zero-order chi connectivity index (χ0) is 6.85. The number of hydrogen-bond acceptors (Lipinski definition) is 3. The zero-order valence-corrected chi connectivity index (χ0v) is 7.58. The Morgan fingerprint density at radius 2 is 2.44 bits per heavy atom. The molecule has 0 aromatic heterocycles. The van der Waals surface area contributed by atoms with Gasteiger partial charge in [-0.05, 0) is 19.6 Å². The largest absolute Gasteiger partial charge is 0.280 e. The maximum absolute atomic E-state index is 4.40. The van der Waals surface area contributed by atoms with Gasteiger partial charge in [0.15, 0.2) is 0 Å². The number of nitrogens with zero attached hydrogens (tertiary/aromatic N) is 1. The van der Waals surface area contributed by atoms with Crippen molar-refractivity contribution in [3.05, 3.63) is 0 Å². The van der Waals surface area contributed by atoms with Crippen molar-refractivity contribution in [3.8, 4) is 0 Å². The molecule has 1 aliphatic heterocycles. The maximum Gasteiger partial charge on any atom is 0.0997 e. The van der Waals surface area contributed by atoms with Crippen LogP contribution in [-0.4, -0.2) is 28.4 Å². The van der Waals surface area contributed by atoms with Crippen molar-refractivity contribution in [3.63, 3.8) is 0 Å². The second-order valence-corrected chi connectivity index (χ2v) is 4.19. The highest BCUT2D eigenvalue weighted by molar-refractivity contribution is 8.09. The first-order valence-corrected chi connectivity index (χ1v) is 5.02. The minimum absolute atomic E-state index is 0.425. The van der Waals surface area contributed by atoms with Gasteiger partial charge in [-0.15, -0.1) is 24.4 Å². The number of hydrogen-bond donors (Lipinski definition) is 1. The highest BCUT2D eigenvalue weighted by Gasteiger charge is 2.27. The van der Waals surface area contributed by atoms with E-state index in [0.717, 1.165) is 6.04 Å². The molecule has 2 atom stereocenters. The van der Waals surface area contributed by atoms with Crippen LogP contribution in [0.15, 0.2) is 0 Å². The monoisotopic (exact) mass is 163 g/mol. The highest BCUT2D eigenvalue weighted by atomic mass is 32.2. The Bertz CT molecular complexity index is 97.1. The molecule has 1 unspecified atom stereocenters. The molecule has 9 heavy (non-hydrogen) atoms. The average Bonchev–Trinajstić information content (AvgIpc) is 1.84. The molecule has 54 valence electrons. The number of likely N-dealkylation sites (tertiary alicyclic amines) is 1. The molecule has 1 nitrogen and oxygen atoms in total. The van der Waals surface area contributed by atoms with Gasteiger partial charge < -0.3 is 0 Å². The van der Waals surface area contributed by atoms with Gasteiger partial charge in [0.25, 0.3) is 0 Å². The van der Waals surface area contributed by atoms with E-state index in [1.807, 2.05) is 0 Å². The summed E-state index contributed by atoms with van der Waals surface area (Å²) in [7, 11) is 0. The van der Waals surface area contributed by atoms with Crippen LogP contribution in [0.2, 0.25) is 0 Å². The molecule has 0 spiro atoms. The second-order valence-electron chi connectivity index (χ2n) is 2.44. The van der Waals surface area contributed by atoms with Gasteiger partial charge in [-0.2, -0.15) is 0 Å². The smallest absolute Gasteiger partial charge is 0.0997 e. The van der Waals surface area contributed by atoms with Gasteiger partial charge in [-0.1, -0.05) is 0 Å². The fraction of sp³-hybridized carbons (Fsp3) is 1.00. The topological polar surface area (TPSA) is 3.24 Å². The van der Waals surface area contributed by atoms with Crippen molar-refractivity contribution >= 4 is 24.4 Å². The van der Waals surface area contributed by atoms with E-state index in [0.29, 0.717) is 4.71 Å². The Morgan fingerprint density at radius 3 is 2.56 bits per heavy atom. The molecule has 0 aromatic carbocycles. The molecule has 1 saturated heterocycles. The summed E-state index contributed by atoms with van der Waals surface area (Å²) < 4.78 is 0.425. The standard InChI is InChI=1S/C6H13NS2/c1-5-3-4-7(5)6(8)9-2/h5-6,8H,3-4H2,1-2H3/t5-,6?/m1/s1. The number of thiol groups is 1. The molecular formula is C6H13NS2. The highest BCUT2D eigenvalue weighted by Crippen LogP contribution is 2.26. The van der Waals surface area contributed by atoms with Gasteiger partial charge in [0.2, 0.25) is 0 Å². The lowest BCUT2D eigenvalue weighted by molar-refractivity contribution is 0.122. The normalized spacial score (nSPS) is 31.7. The summed E-state index contributed by atoms with van der Waals surface area (Å²) in [5, 5.41) is 0. The second kappa shape index (κ2) is 3.17. The first kappa shape index (κ1) is 7.76. The summed E-state index contributed by atoms with van der Waals surface area (Å²) in [6.07, 6.45) is 3.44. The number of rotatable bonds is 2. The van der Waals surface area contributed by atoms with Crippen LogP contribution in [0.4, 0.5) is 0 Å². The van der Waals surface area contributed by atoms with Crippen LogP contribution in [0.5, 0.6) is 0 Å². The number of thioether (sulfide) groups is 1. The van der Waals surface area contributed by atoms with Crippen LogP contribution < -0.4 is 0 Å². The summed E-state index contributed by atoms with van der Waals surface area (Å²) in [5.74, 6) is 0. The van der Waals surface area contributed by atoms with E-state index in [1.54, 1.807) is 11.8 Å². The lowest BCUT2D eigenvalue weighted by Crippen LogP contribution is -2.48. The SMILES string of the molecule is CSC(S)N1CC[C@H]1C. The van der Waals surface area contributed by atoms with Gasteiger partial charge in [-0.3, -0.25) is 4.90 Å². The van der Waals surface area contributed by atoms with Gasteiger partial charge in [-0.25, -0.2) is 0 Å². The van der Waals surface area contributed by atoms with Crippen LogP contribution in [0, 0.1) is 0 Å². The van der Waals surface area contributed by atoms with Crippen molar-refractivity contribution in [2.24, 2.45) is 0 Å². The molecule has 0 N–H and O–H groups in total. The molecule has 3 heteroatoms. The Balaban J connectivity index is 2.25. The van der Waals surface area contributed by atoms with Gasteiger partial charge in [0.05, 0.1) is 4.71 Å². The summed E-state index contributed by atoms with van der Waals surface area (Å²) >= 11 is 6.21. The molecule has 0 aromatic rings. The first-order valence-electron chi connectivity index (χ1n) is 3.22. The molecule has 1 rings (SSSR count). The summed E-state index contributed by atoms with van der Waals surface area (Å²) in [6, 6.07) is 0.764. The lowest BCUT2D eigenvalue weighted by atomic mass is 10.1. The quantitative estimate of drug-likeness (QED) is 0.487. The molecule has 1 fully saturated rings. The van der Waals surface area contributed by atoms with Crippen molar-refractivity contribution in [2.45, 2.75) is 24.1 Å². The molecule has 1 aliphatic rings. The molecule has 0 radical (unpaired) electrons. The van der Waals surface area contributed by atoms with E-state index in [2.05, 4.69) is 30.7 Å². The minimum atomic E-state index is 0.425. The third kappa shape index (κ3) is 1.57. The molecule has 0 saturated carbocycles. The van der Waals surface area contributed by atoms with E-state index < -0.39 is 0 Å². The van der Waals surface area contributed by atoms with Gasteiger partial charge >= 0.3 is 0 Å². The van der Waals surface area contributed by atoms with E-state index in [4.69, 9.17) is 0 Å². The molecule has 0 bridgehead atoms. The van der Waals surface area contributed by atoms with E-state index in [9.17, 15) is 0 Å². The Morgan fingerprint density at radius 1 is 1.78 bits per heavy atom. The van der Waals surface area contributed by atoms with Crippen LogP contribution in [-0.2, 0) is 0 Å². The van der Waals surface area contributed by atoms with Crippen LogP contribution in [0.1, 0.15) is 13.3 Å².